The summed E-state index contributed by atoms with van der Waals surface area (Å²) in [7, 11) is 3.35. The number of methoxy groups -OCH3 is 2. The van der Waals surface area contributed by atoms with Crippen LogP contribution in [0.4, 0.5) is 5.69 Å². The van der Waals surface area contributed by atoms with Gasteiger partial charge in [0.2, 0.25) is 0 Å². The van der Waals surface area contributed by atoms with E-state index in [1.54, 1.807) is 14.2 Å². The van der Waals surface area contributed by atoms with Crippen LogP contribution < -0.4 is 15.2 Å². The van der Waals surface area contributed by atoms with Crippen LogP contribution in [0.5, 0.6) is 11.5 Å². The summed E-state index contributed by atoms with van der Waals surface area (Å²) in [6.45, 7) is 2.02. The number of rotatable bonds is 4. The van der Waals surface area contributed by atoms with Gasteiger partial charge < -0.3 is 15.2 Å². The second kappa shape index (κ2) is 5.65. The molecule has 0 aliphatic heterocycles. The molecule has 0 fully saturated rings. The van der Waals surface area contributed by atoms with E-state index in [1.807, 2.05) is 37.3 Å². The highest BCUT2D eigenvalue weighted by molar-refractivity contribution is 5.50. The highest BCUT2D eigenvalue weighted by Gasteiger charge is 2.07. The second-order valence-electron chi connectivity index (χ2n) is 4.55. The maximum absolute atomic E-state index is 5.84. The molecule has 0 aliphatic carbocycles. The van der Waals surface area contributed by atoms with E-state index in [9.17, 15) is 0 Å². The number of anilines is 1. The Bertz CT molecular complexity index is 579. The zero-order valence-corrected chi connectivity index (χ0v) is 11.6. The molecule has 0 atom stereocenters. The van der Waals surface area contributed by atoms with Crippen molar-refractivity contribution in [2.45, 2.75) is 13.3 Å². The van der Waals surface area contributed by atoms with Gasteiger partial charge in [-0.05, 0) is 42.3 Å². The fourth-order valence-electron chi connectivity index (χ4n) is 2.09. The Labute approximate surface area is 114 Å². The molecule has 3 heteroatoms. The van der Waals surface area contributed by atoms with Crippen LogP contribution in [0.2, 0.25) is 0 Å². The van der Waals surface area contributed by atoms with Crippen LogP contribution in [-0.2, 0) is 6.42 Å². The standard InChI is InChI=1S/C16H19NO2/c1-11-8-12(4-6-15(11)17)9-13-10-14(18-2)5-7-16(13)19-3/h4-8,10H,9,17H2,1-3H3. The van der Waals surface area contributed by atoms with Gasteiger partial charge in [-0.1, -0.05) is 12.1 Å². The van der Waals surface area contributed by atoms with Gasteiger partial charge >= 0.3 is 0 Å². The summed E-state index contributed by atoms with van der Waals surface area (Å²) in [5.74, 6) is 1.71. The zero-order chi connectivity index (χ0) is 13.8. The van der Waals surface area contributed by atoms with Gasteiger partial charge in [-0.25, -0.2) is 0 Å². The third kappa shape index (κ3) is 2.99. The van der Waals surface area contributed by atoms with E-state index in [0.29, 0.717) is 0 Å². The van der Waals surface area contributed by atoms with Crippen molar-refractivity contribution < 1.29 is 9.47 Å². The van der Waals surface area contributed by atoms with E-state index in [4.69, 9.17) is 15.2 Å². The molecular weight excluding hydrogens is 238 g/mol. The Morgan fingerprint density at radius 3 is 2.42 bits per heavy atom. The lowest BCUT2D eigenvalue weighted by Crippen LogP contribution is -1.97. The molecule has 2 N–H and O–H groups in total. The average molecular weight is 257 g/mol. The molecular formula is C16H19NO2. The Morgan fingerprint density at radius 2 is 1.79 bits per heavy atom. The number of hydrogen-bond donors (Lipinski definition) is 1. The molecule has 2 rings (SSSR count). The Morgan fingerprint density at radius 1 is 1.00 bits per heavy atom. The minimum atomic E-state index is 0.793. The van der Waals surface area contributed by atoms with Crippen LogP contribution >= 0.6 is 0 Å². The maximum atomic E-state index is 5.84. The van der Waals surface area contributed by atoms with Gasteiger partial charge in [-0.3, -0.25) is 0 Å². The maximum Gasteiger partial charge on any atom is 0.122 e. The molecule has 3 nitrogen and oxygen atoms in total. The predicted molar refractivity (Wildman–Crippen MR) is 77.9 cm³/mol. The molecule has 0 aliphatic rings. The lowest BCUT2D eigenvalue weighted by molar-refractivity contribution is 0.399. The van der Waals surface area contributed by atoms with E-state index in [1.165, 1.54) is 5.56 Å². The van der Waals surface area contributed by atoms with Crippen molar-refractivity contribution in [1.82, 2.24) is 0 Å². The van der Waals surface area contributed by atoms with Gasteiger partial charge in [0.05, 0.1) is 14.2 Å². The highest BCUT2D eigenvalue weighted by Crippen LogP contribution is 2.27. The van der Waals surface area contributed by atoms with E-state index in [2.05, 4.69) is 6.07 Å². The molecule has 0 bridgehead atoms. The summed E-state index contributed by atoms with van der Waals surface area (Å²) in [5.41, 5.74) is 10.1. The van der Waals surface area contributed by atoms with Crippen molar-refractivity contribution in [3.63, 3.8) is 0 Å². The average Bonchev–Trinajstić information content (AvgIpc) is 2.43. The van der Waals surface area contributed by atoms with Crippen LogP contribution in [-0.4, -0.2) is 14.2 Å². The molecule has 2 aromatic rings. The summed E-state index contributed by atoms with van der Waals surface area (Å²) in [6, 6.07) is 11.9. The molecule has 0 unspecified atom stereocenters. The molecule has 0 heterocycles. The lowest BCUT2D eigenvalue weighted by Gasteiger charge is -2.11. The van der Waals surface area contributed by atoms with Crippen molar-refractivity contribution in [3.05, 3.63) is 53.1 Å². The van der Waals surface area contributed by atoms with E-state index >= 15 is 0 Å². The molecule has 100 valence electrons. The summed E-state index contributed by atoms with van der Waals surface area (Å²) in [4.78, 5) is 0. The van der Waals surface area contributed by atoms with Crippen molar-refractivity contribution >= 4 is 5.69 Å². The monoisotopic (exact) mass is 257 g/mol. The summed E-state index contributed by atoms with van der Waals surface area (Å²) >= 11 is 0. The molecule has 2 aromatic carbocycles. The fraction of sp³-hybridized carbons (Fsp3) is 0.250. The van der Waals surface area contributed by atoms with Gasteiger partial charge in [-0.15, -0.1) is 0 Å². The SMILES string of the molecule is COc1ccc(OC)c(Cc2ccc(N)c(C)c2)c1. The fourth-order valence-corrected chi connectivity index (χ4v) is 2.09. The number of ether oxygens (including phenoxy) is 2. The normalized spacial score (nSPS) is 10.3. The first-order valence-corrected chi connectivity index (χ1v) is 6.20. The van der Waals surface area contributed by atoms with Crippen molar-refractivity contribution in [2.75, 3.05) is 20.0 Å². The van der Waals surface area contributed by atoms with E-state index in [-0.39, 0.29) is 0 Å². The largest absolute Gasteiger partial charge is 0.497 e. The number of aryl methyl sites for hydroxylation is 1. The van der Waals surface area contributed by atoms with E-state index in [0.717, 1.165) is 34.7 Å². The topological polar surface area (TPSA) is 44.5 Å². The van der Waals surface area contributed by atoms with Gasteiger partial charge in [0.25, 0.3) is 0 Å². The predicted octanol–water partition coefficient (Wildman–Crippen LogP) is 3.19. The molecule has 0 saturated heterocycles. The van der Waals surface area contributed by atoms with Crippen molar-refractivity contribution in [3.8, 4) is 11.5 Å². The quantitative estimate of drug-likeness (QED) is 0.855. The molecule has 0 radical (unpaired) electrons. The van der Waals surface area contributed by atoms with Crippen LogP contribution in [0, 0.1) is 6.92 Å². The molecule has 0 spiro atoms. The zero-order valence-electron chi connectivity index (χ0n) is 11.6. The Kier molecular flexibility index (Phi) is 3.95. The summed E-state index contributed by atoms with van der Waals surface area (Å²) in [6.07, 6.45) is 0.793. The first-order chi connectivity index (χ1) is 9.13. The van der Waals surface area contributed by atoms with Crippen LogP contribution in [0.15, 0.2) is 36.4 Å². The smallest absolute Gasteiger partial charge is 0.122 e. The van der Waals surface area contributed by atoms with Crippen molar-refractivity contribution in [2.24, 2.45) is 0 Å². The van der Waals surface area contributed by atoms with E-state index < -0.39 is 0 Å². The number of hydrogen-bond acceptors (Lipinski definition) is 3. The van der Waals surface area contributed by atoms with Crippen molar-refractivity contribution in [1.29, 1.82) is 0 Å². The Balaban J connectivity index is 2.33. The second-order valence-corrected chi connectivity index (χ2v) is 4.55. The number of nitrogens with two attached hydrogens (primary N) is 1. The number of nitrogen functional groups attached to an aromatic ring is 1. The minimum absolute atomic E-state index is 0.793. The number of benzene rings is 2. The van der Waals surface area contributed by atoms with Crippen LogP contribution in [0.3, 0.4) is 0 Å². The third-order valence-electron chi connectivity index (χ3n) is 3.22. The molecule has 0 aromatic heterocycles. The van der Waals surface area contributed by atoms with Gasteiger partial charge in [0.1, 0.15) is 11.5 Å². The molecule has 19 heavy (non-hydrogen) atoms. The molecule has 0 saturated carbocycles. The lowest BCUT2D eigenvalue weighted by atomic mass is 10.0. The summed E-state index contributed by atoms with van der Waals surface area (Å²) < 4.78 is 10.7. The first kappa shape index (κ1) is 13.3. The third-order valence-corrected chi connectivity index (χ3v) is 3.22. The van der Waals surface area contributed by atoms with Crippen LogP contribution in [0.1, 0.15) is 16.7 Å². The Hall–Kier alpha value is -2.16. The van der Waals surface area contributed by atoms with Gasteiger partial charge in [-0.2, -0.15) is 0 Å². The first-order valence-electron chi connectivity index (χ1n) is 6.20. The van der Waals surface area contributed by atoms with Gasteiger partial charge in [0, 0.05) is 17.7 Å². The van der Waals surface area contributed by atoms with Crippen LogP contribution in [0.25, 0.3) is 0 Å². The highest BCUT2D eigenvalue weighted by atomic mass is 16.5. The molecule has 0 amide bonds. The summed E-state index contributed by atoms with van der Waals surface area (Å²) in [5, 5.41) is 0. The van der Waals surface area contributed by atoms with Gasteiger partial charge in [0.15, 0.2) is 0 Å². The minimum Gasteiger partial charge on any atom is -0.497 e.